The molecule has 0 saturated carbocycles. The van der Waals surface area contributed by atoms with Gasteiger partial charge in [-0.05, 0) is 46.0 Å². The zero-order valence-electron chi connectivity index (χ0n) is 13.2. The lowest BCUT2D eigenvalue weighted by Gasteiger charge is -2.15. The number of sulfonamides is 1. The predicted molar refractivity (Wildman–Crippen MR) is 95.7 cm³/mol. The maximum Gasteiger partial charge on any atom is 0.349 e. The molecule has 0 fully saturated rings. The monoisotopic (exact) mass is 397 g/mol. The number of rotatable bonds is 7. The van der Waals surface area contributed by atoms with E-state index in [0.29, 0.717) is 5.76 Å². The van der Waals surface area contributed by atoms with Crippen LogP contribution >= 0.6 is 22.7 Å². The summed E-state index contributed by atoms with van der Waals surface area (Å²) in [6, 6.07) is 6.89. The fourth-order valence-corrected chi connectivity index (χ4v) is 5.46. The maximum absolute atomic E-state index is 12.6. The molecule has 0 bridgehead atoms. The third-order valence-corrected chi connectivity index (χ3v) is 6.79. The van der Waals surface area contributed by atoms with E-state index in [9.17, 15) is 13.2 Å². The molecule has 0 aliphatic carbocycles. The molecule has 1 atom stereocenters. The van der Waals surface area contributed by atoms with Gasteiger partial charge in [0.1, 0.15) is 15.5 Å². The topological polar surface area (TPSA) is 85.6 Å². The molecule has 132 valence electrons. The van der Waals surface area contributed by atoms with Gasteiger partial charge in [0.05, 0.1) is 19.3 Å². The normalized spacial score (nSPS) is 12.8. The number of nitrogens with one attached hydrogen (secondary N) is 1. The smallest absolute Gasteiger partial charge is 0.349 e. The van der Waals surface area contributed by atoms with Crippen LogP contribution in [-0.4, -0.2) is 28.0 Å². The van der Waals surface area contributed by atoms with Gasteiger partial charge < -0.3 is 9.15 Å². The van der Waals surface area contributed by atoms with Crippen LogP contribution in [0.3, 0.4) is 0 Å². The lowest BCUT2D eigenvalue weighted by molar-refractivity contribution is 0.0602. The molecule has 6 nitrogen and oxygen atoms in total. The van der Waals surface area contributed by atoms with Gasteiger partial charge >= 0.3 is 5.97 Å². The number of hydrogen-bond donors (Lipinski definition) is 1. The van der Waals surface area contributed by atoms with Crippen molar-refractivity contribution in [2.24, 2.45) is 0 Å². The van der Waals surface area contributed by atoms with Crippen molar-refractivity contribution in [1.82, 2.24) is 4.72 Å². The first-order valence-electron chi connectivity index (χ1n) is 7.24. The van der Waals surface area contributed by atoms with Gasteiger partial charge in [0.15, 0.2) is 0 Å². The Kier molecular flexibility index (Phi) is 5.38. The fraction of sp³-hybridized carbons (Fsp3) is 0.188. The Morgan fingerprint density at radius 1 is 1.32 bits per heavy atom. The molecule has 3 aromatic rings. The van der Waals surface area contributed by atoms with Crippen LogP contribution in [0.1, 0.15) is 26.9 Å². The van der Waals surface area contributed by atoms with Crippen molar-refractivity contribution < 1.29 is 22.4 Å². The molecular formula is C16H15NO5S3. The van der Waals surface area contributed by atoms with E-state index in [4.69, 9.17) is 4.42 Å². The maximum atomic E-state index is 12.6. The molecule has 1 N–H and O–H groups in total. The summed E-state index contributed by atoms with van der Waals surface area (Å²) in [7, 11) is -2.64. The number of methoxy groups -OCH3 is 1. The molecule has 0 aromatic carbocycles. The summed E-state index contributed by atoms with van der Waals surface area (Å²) in [5, 5.41) is 5.42. The summed E-state index contributed by atoms with van der Waals surface area (Å²) < 4.78 is 37.9. The second-order valence-electron chi connectivity index (χ2n) is 5.08. The van der Waals surface area contributed by atoms with E-state index < -0.39 is 16.0 Å². The van der Waals surface area contributed by atoms with Gasteiger partial charge in [-0.2, -0.15) is 11.3 Å². The highest BCUT2D eigenvalue weighted by Gasteiger charge is 2.27. The predicted octanol–water partition coefficient (Wildman–Crippen LogP) is 3.30. The van der Waals surface area contributed by atoms with E-state index in [2.05, 4.69) is 9.46 Å². The average molecular weight is 397 g/mol. The third kappa shape index (κ3) is 3.84. The molecule has 0 saturated heterocycles. The lowest BCUT2D eigenvalue weighted by atomic mass is 10.00. The SMILES string of the molecule is COC(=O)c1sccc1S(=O)(=O)NCC(c1ccsc1)c1ccco1. The molecular weight excluding hydrogens is 382 g/mol. The summed E-state index contributed by atoms with van der Waals surface area (Å²) in [5.41, 5.74) is 0.959. The van der Waals surface area contributed by atoms with Crippen molar-refractivity contribution in [2.45, 2.75) is 10.8 Å². The summed E-state index contributed by atoms with van der Waals surface area (Å²) in [6.45, 7) is 0.114. The van der Waals surface area contributed by atoms with Crippen LogP contribution in [-0.2, 0) is 14.8 Å². The van der Waals surface area contributed by atoms with E-state index in [1.807, 2.05) is 16.8 Å². The number of carbonyl (C=O) groups excluding carboxylic acids is 1. The summed E-state index contributed by atoms with van der Waals surface area (Å²) in [6.07, 6.45) is 1.55. The van der Waals surface area contributed by atoms with Crippen LogP contribution in [0, 0.1) is 0 Å². The third-order valence-electron chi connectivity index (χ3n) is 3.60. The fourth-order valence-electron chi connectivity index (χ4n) is 2.37. The van der Waals surface area contributed by atoms with Crippen molar-refractivity contribution in [2.75, 3.05) is 13.7 Å². The highest BCUT2D eigenvalue weighted by Crippen LogP contribution is 2.28. The van der Waals surface area contributed by atoms with Gasteiger partial charge in [-0.25, -0.2) is 17.9 Å². The largest absolute Gasteiger partial charge is 0.469 e. The van der Waals surface area contributed by atoms with Crippen molar-refractivity contribution in [3.05, 3.63) is 62.9 Å². The van der Waals surface area contributed by atoms with E-state index in [0.717, 1.165) is 16.9 Å². The average Bonchev–Trinajstić information content (AvgIpc) is 3.34. The number of thiophene rings is 2. The minimum Gasteiger partial charge on any atom is -0.469 e. The van der Waals surface area contributed by atoms with Gasteiger partial charge in [-0.1, -0.05) is 0 Å². The van der Waals surface area contributed by atoms with Gasteiger partial charge in [-0.3, -0.25) is 0 Å². The summed E-state index contributed by atoms with van der Waals surface area (Å²) in [5.74, 6) is -0.258. The van der Waals surface area contributed by atoms with Gasteiger partial charge in [0.2, 0.25) is 10.0 Å². The Bertz CT molecular complexity index is 892. The van der Waals surface area contributed by atoms with E-state index in [1.54, 1.807) is 23.8 Å². The standard InChI is InChI=1S/C16H15NO5S3/c1-21-16(18)15-14(5-8-24-15)25(19,20)17-9-12(11-4-7-23-10-11)13-3-2-6-22-13/h2-8,10,12,17H,9H2,1H3. The Balaban J connectivity index is 1.83. The molecule has 1 unspecified atom stereocenters. The van der Waals surface area contributed by atoms with Crippen molar-refractivity contribution in [3.8, 4) is 0 Å². The second kappa shape index (κ2) is 7.52. The van der Waals surface area contributed by atoms with Crippen LogP contribution in [0.2, 0.25) is 0 Å². The molecule has 0 aliphatic heterocycles. The van der Waals surface area contributed by atoms with Gasteiger partial charge in [0.25, 0.3) is 0 Å². The number of hydrogen-bond acceptors (Lipinski definition) is 7. The van der Waals surface area contributed by atoms with Crippen molar-refractivity contribution >= 4 is 38.7 Å². The molecule has 25 heavy (non-hydrogen) atoms. The molecule has 0 radical (unpaired) electrons. The van der Waals surface area contributed by atoms with E-state index in [-0.39, 0.29) is 22.2 Å². The number of esters is 1. The van der Waals surface area contributed by atoms with Crippen LogP contribution < -0.4 is 4.72 Å². The van der Waals surface area contributed by atoms with E-state index >= 15 is 0 Å². The van der Waals surface area contributed by atoms with Gasteiger partial charge in [0, 0.05) is 6.54 Å². The molecule has 3 aromatic heterocycles. The van der Waals surface area contributed by atoms with Crippen LogP contribution in [0.5, 0.6) is 0 Å². The molecule has 0 spiro atoms. The first-order chi connectivity index (χ1) is 12.0. The highest BCUT2D eigenvalue weighted by atomic mass is 32.2. The molecule has 3 heterocycles. The Hall–Kier alpha value is -1.94. The molecule has 0 aliphatic rings. The minimum absolute atomic E-state index is 0.0556. The Morgan fingerprint density at radius 2 is 2.16 bits per heavy atom. The number of furan rings is 1. The first kappa shape index (κ1) is 17.9. The highest BCUT2D eigenvalue weighted by molar-refractivity contribution is 7.89. The molecule has 3 rings (SSSR count). The molecule has 9 heteroatoms. The van der Waals surface area contributed by atoms with Gasteiger partial charge in [-0.15, -0.1) is 11.3 Å². The number of ether oxygens (including phenoxy) is 1. The van der Waals surface area contributed by atoms with Crippen LogP contribution in [0.25, 0.3) is 0 Å². The quantitative estimate of drug-likeness (QED) is 0.618. The summed E-state index contributed by atoms with van der Waals surface area (Å²) in [4.78, 5) is 11.7. The zero-order valence-corrected chi connectivity index (χ0v) is 15.6. The zero-order chi connectivity index (χ0) is 17.9. The number of carbonyl (C=O) groups is 1. The minimum atomic E-state index is -3.86. The summed E-state index contributed by atoms with van der Waals surface area (Å²) >= 11 is 2.56. The Labute approximate surface area is 153 Å². The van der Waals surface area contributed by atoms with Crippen molar-refractivity contribution in [1.29, 1.82) is 0 Å². The lowest BCUT2D eigenvalue weighted by Crippen LogP contribution is -2.29. The Morgan fingerprint density at radius 3 is 2.80 bits per heavy atom. The molecule has 0 amide bonds. The first-order valence-corrected chi connectivity index (χ1v) is 10.5. The second-order valence-corrected chi connectivity index (χ2v) is 8.51. The van der Waals surface area contributed by atoms with Crippen molar-refractivity contribution in [3.63, 3.8) is 0 Å². The van der Waals surface area contributed by atoms with E-state index in [1.165, 1.54) is 24.5 Å². The van der Waals surface area contributed by atoms with Crippen LogP contribution in [0.4, 0.5) is 0 Å². The van der Waals surface area contributed by atoms with Crippen LogP contribution in [0.15, 0.2) is 56.0 Å².